The third-order valence-electron chi connectivity index (χ3n) is 3.46. The van der Waals surface area contributed by atoms with Crippen LogP contribution in [0.1, 0.15) is 28.8 Å². The van der Waals surface area contributed by atoms with Gasteiger partial charge in [-0.1, -0.05) is 6.07 Å². The number of urea groups is 1. The standard InChI is InChI=1S/C14H18N2O4S/c1-9-2-3-10(13(17)18)8-12(9)16-14(19)15-11-4-6-21(20)7-5-11/h2-3,8,11H,4-7H2,1H3,(H,17,18)(H2,15,16,19). The Labute approximate surface area is 125 Å². The average Bonchev–Trinajstić information content (AvgIpc) is 2.43. The van der Waals surface area contributed by atoms with Gasteiger partial charge >= 0.3 is 12.0 Å². The Balaban J connectivity index is 1.97. The maximum absolute atomic E-state index is 12.0. The fourth-order valence-electron chi connectivity index (χ4n) is 2.17. The monoisotopic (exact) mass is 310 g/mol. The van der Waals surface area contributed by atoms with Crippen molar-refractivity contribution in [3.8, 4) is 0 Å². The molecule has 2 amide bonds. The van der Waals surface area contributed by atoms with Gasteiger partial charge in [0.05, 0.1) is 5.56 Å². The molecule has 0 aliphatic carbocycles. The summed E-state index contributed by atoms with van der Waals surface area (Å²) in [6.07, 6.45) is 1.41. The van der Waals surface area contributed by atoms with Crippen LogP contribution in [0, 0.1) is 6.92 Å². The molecule has 7 heteroatoms. The lowest BCUT2D eigenvalue weighted by Crippen LogP contribution is -2.41. The third kappa shape index (κ3) is 4.29. The molecule has 21 heavy (non-hydrogen) atoms. The Morgan fingerprint density at radius 3 is 2.57 bits per heavy atom. The quantitative estimate of drug-likeness (QED) is 0.792. The van der Waals surface area contributed by atoms with Crippen molar-refractivity contribution in [1.82, 2.24) is 5.32 Å². The van der Waals surface area contributed by atoms with Crippen molar-refractivity contribution in [2.75, 3.05) is 16.8 Å². The highest BCUT2D eigenvalue weighted by molar-refractivity contribution is 7.85. The van der Waals surface area contributed by atoms with Crippen LogP contribution in [0.2, 0.25) is 0 Å². The van der Waals surface area contributed by atoms with E-state index >= 15 is 0 Å². The number of carbonyl (C=O) groups is 2. The van der Waals surface area contributed by atoms with Crippen molar-refractivity contribution in [2.24, 2.45) is 0 Å². The van der Waals surface area contributed by atoms with Crippen molar-refractivity contribution in [3.05, 3.63) is 29.3 Å². The zero-order chi connectivity index (χ0) is 15.4. The van der Waals surface area contributed by atoms with E-state index in [9.17, 15) is 13.8 Å². The van der Waals surface area contributed by atoms with Gasteiger partial charge in [-0.2, -0.15) is 0 Å². The molecular weight excluding hydrogens is 292 g/mol. The minimum atomic E-state index is -1.03. The van der Waals surface area contributed by atoms with Crippen molar-refractivity contribution in [2.45, 2.75) is 25.8 Å². The Morgan fingerprint density at radius 2 is 1.95 bits per heavy atom. The number of hydrogen-bond donors (Lipinski definition) is 3. The molecular formula is C14H18N2O4S. The van der Waals surface area contributed by atoms with E-state index in [0.717, 1.165) is 5.56 Å². The molecule has 1 aromatic rings. The van der Waals surface area contributed by atoms with Gasteiger partial charge in [0.15, 0.2) is 0 Å². The van der Waals surface area contributed by atoms with E-state index < -0.39 is 16.8 Å². The lowest BCUT2D eigenvalue weighted by Gasteiger charge is -2.23. The topological polar surface area (TPSA) is 95.5 Å². The molecule has 114 valence electrons. The average molecular weight is 310 g/mol. The van der Waals surface area contributed by atoms with Gasteiger partial charge in [-0.05, 0) is 37.5 Å². The number of rotatable bonds is 3. The lowest BCUT2D eigenvalue weighted by atomic mass is 10.1. The maximum Gasteiger partial charge on any atom is 0.335 e. The fraction of sp³-hybridized carbons (Fsp3) is 0.429. The second kappa shape index (κ2) is 6.71. The zero-order valence-electron chi connectivity index (χ0n) is 11.7. The molecule has 1 fully saturated rings. The van der Waals surface area contributed by atoms with Crippen LogP contribution in [-0.4, -0.2) is 38.9 Å². The van der Waals surface area contributed by atoms with Crippen LogP contribution in [0.4, 0.5) is 10.5 Å². The smallest absolute Gasteiger partial charge is 0.335 e. The predicted octanol–water partition coefficient (Wildman–Crippen LogP) is 1.73. The van der Waals surface area contributed by atoms with Crippen molar-refractivity contribution < 1.29 is 18.9 Å². The van der Waals surface area contributed by atoms with Crippen LogP contribution < -0.4 is 10.6 Å². The summed E-state index contributed by atoms with van der Waals surface area (Å²) >= 11 is 0. The number of hydrogen-bond acceptors (Lipinski definition) is 3. The summed E-state index contributed by atoms with van der Waals surface area (Å²) in [5, 5.41) is 14.5. The van der Waals surface area contributed by atoms with E-state index in [-0.39, 0.29) is 17.6 Å². The number of nitrogens with one attached hydrogen (secondary N) is 2. The summed E-state index contributed by atoms with van der Waals surface area (Å²) in [5.74, 6) is 0.185. The molecule has 0 bridgehead atoms. The van der Waals surface area contributed by atoms with Gasteiger partial charge in [-0.25, -0.2) is 9.59 Å². The number of carboxylic acids is 1. The van der Waals surface area contributed by atoms with Crippen LogP contribution >= 0.6 is 0 Å². The highest BCUT2D eigenvalue weighted by Gasteiger charge is 2.19. The molecule has 1 aromatic carbocycles. The minimum absolute atomic E-state index is 0.0191. The van der Waals surface area contributed by atoms with E-state index in [1.807, 2.05) is 0 Å². The SMILES string of the molecule is Cc1ccc(C(=O)O)cc1NC(=O)NC1CCS(=O)CC1. The van der Waals surface area contributed by atoms with Crippen molar-refractivity contribution in [1.29, 1.82) is 0 Å². The molecule has 6 nitrogen and oxygen atoms in total. The third-order valence-corrected chi connectivity index (χ3v) is 4.84. The first-order valence-electron chi connectivity index (χ1n) is 6.72. The second-order valence-electron chi connectivity index (χ2n) is 5.06. The predicted molar refractivity (Wildman–Crippen MR) is 81.2 cm³/mol. The Kier molecular flexibility index (Phi) is 4.95. The van der Waals surface area contributed by atoms with Gasteiger partial charge in [0.25, 0.3) is 0 Å². The van der Waals surface area contributed by atoms with Crippen molar-refractivity contribution >= 4 is 28.5 Å². The number of aryl methyl sites for hydroxylation is 1. The Hall–Kier alpha value is -1.89. The van der Waals surface area contributed by atoms with Gasteiger partial charge < -0.3 is 15.7 Å². The summed E-state index contributed by atoms with van der Waals surface area (Å²) in [6.45, 7) is 1.80. The molecule has 1 heterocycles. The number of amides is 2. The molecule has 3 N–H and O–H groups in total. The summed E-state index contributed by atoms with van der Waals surface area (Å²) in [7, 11) is -0.763. The number of benzene rings is 1. The van der Waals surface area contributed by atoms with E-state index in [1.54, 1.807) is 13.0 Å². The lowest BCUT2D eigenvalue weighted by molar-refractivity contribution is 0.0697. The maximum atomic E-state index is 12.0. The van der Waals surface area contributed by atoms with E-state index in [4.69, 9.17) is 5.11 Å². The summed E-state index contributed by atoms with van der Waals surface area (Å²) in [4.78, 5) is 22.9. The molecule has 1 aliphatic rings. The number of anilines is 1. The van der Waals surface area contributed by atoms with Gasteiger partial charge in [0.1, 0.15) is 0 Å². The summed E-state index contributed by atoms with van der Waals surface area (Å²) < 4.78 is 11.3. The molecule has 2 rings (SSSR count). The van der Waals surface area contributed by atoms with Crippen LogP contribution in [-0.2, 0) is 10.8 Å². The Morgan fingerprint density at radius 1 is 1.29 bits per heavy atom. The van der Waals surface area contributed by atoms with E-state index in [1.165, 1.54) is 12.1 Å². The number of carboxylic acid groups (broad SMARTS) is 1. The highest BCUT2D eigenvalue weighted by atomic mass is 32.2. The molecule has 0 unspecified atom stereocenters. The fourth-order valence-corrected chi connectivity index (χ4v) is 3.47. The molecule has 1 saturated heterocycles. The van der Waals surface area contributed by atoms with Gasteiger partial charge in [0.2, 0.25) is 0 Å². The minimum Gasteiger partial charge on any atom is -0.478 e. The van der Waals surface area contributed by atoms with Crippen LogP contribution in [0.15, 0.2) is 18.2 Å². The van der Waals surface area contributed by atoms with Gasteiger partial charge in [-0.3, -0.25) is 4.21 Å². The highest BCUT2D eigenvalue weighted by Crippen LogP contribution is 2.17. The van der Waals surface area contributed by atoms with E-state index in [0.29, 0.717) is 30.0 Å². The van der Waals surface area contributed by atoms with Gasteiger partial charge in [-0.15, -0.1) is 0 Å². The first-order chi connectivity index (χ1) is 9.95. The normalized spacial score (nSPS) is 21.6. The summed E-state index contributed by atoms with van der Waals surface area (Å²) in [5.41, 5.74) is 1.40. The molecule has 0 spiro atoms. The first-order valence-corrected chi connectivity index (χ1v) is 8.21. The van der Waals surface area contributed by atoms with Crippen LogP contribution in [0.5, 0.6) is 0 Å². The largest absolute Gasteiger partial charge is 0.478 e. The van der Waals surface area contributed by atoms with Crippen LogP contribution in [0.25, 0.3) is 0 Å². The molecule has 1 aliphatic heterocycles. The van der Waals surface area contributed by atoms with E-state index in [2.05, 4.69) is 10.6 Å². The number of aromatic carboxylic acids is 1. The Bertz CT molecular complexity index is 578. The van der Waals surface area contributed by atoms with Gasteiger partial charge in [0, 0.05) is 34.0 Å². The molecule has 0 aromatic heterocycles. The van der Waals surface area contributed by atoms with Crippen molar-refractivity contribution in [3.63, 3.8) is 0 Å². The summed E-state index contributed by atoms with van der Waals surface area (Å²) in [6, 6.07) is 4.25. The molecule has 0 radical (unpaired) electrons. The second-order valence-corrected chi connectivity index (χ2v) is 6.75. The molecule has 0 atom stereocenters. The first kappa shape index (κ1) is 15.5. The number of carbonyl (C=O) groups excluding carboxylic acids is 1. The molecule has 0 saturated carbocycles. The van der Waals surface area contributed by atoms with Crippen LogP contribution in [0.3, 0.4) is 0 Å². The zero-order valence-corrected chi connectivity index (χ0v) is 12.5.